The molecule has 17 heavy (non-hydrogen) atoms. The van der Waals surface area contributed by atoms with E-state index in [0.29, 0.717) is 0 Å². The fraction of sp³-hybridized carbons (Fsp3) is 0.500. The molecule has 0 aliphatic carbocycles. The van der Waals surface area contributed by atoms with Gasteiger partial charge >= 0.3 is 0 Å². The van der Waals surface area contributed by atoms with Gasteiger partial charge in [-0.2, -0.15) is 5.10 Å². The Morgan fingerprint density at radius 2 is 1.94 bits per heavy atom. The van der Waals surface area contributed by atoms with Gasteiger partial charge < -0.3 is 5.73 Å². The van der Waals surface area contributed by atoms with Crippen molar-refractivity contribution in [3.05, 3.63) is 29.5 Å². The van der Waals surface area contributed by atoms with E-state index >= 15 is 0 Å². The third-order valence-electron chi connectivity index (χ3n) is 3.09. The number of nitrogens with two attached hydrogens (primary N) is 1. The van der Waals surface area contributed by atoms with Crippen molar-refractivity contribution >= 4 is 10.9 Å². The topological polar surface area (TPSA) is 43.8 Å². The van der Waals surface area contributed by atoms with Crippen LogP contribution in [0, 0.1) is 0 Å². The normalized spacial score (nSPS) is 14.2. The number of fused-ring (bicyclic) bond motifs is 1. The molecule has 2 aromatic rings. The lowest BCUT2D eigenvalue weighted by Gasteiger charge is -2.19. The molecule has 0 radical (unpaired) electrons. The molecule has 0 aliphatic heterocycles. The zero-order valence-electron chi connectivity index (χ0n) is 11.3. The van der Waals surface area contributed by atoms with Gasteiger partial charge in [-0.1, -0.05) is 32.9 Å². The van der Waals surface area contributed by atoms with Gasteiger partial charge in [-0.25, -0.2) is 0 Å². The van der Waals surface area contributed by atoms with Gasteiger partial charge in [-0.05, 0) is 18.6 Å². The minimum absolute atomic E-state index is 0.0551. The molecular weight excluding hydrogens is 210 g/mol. The molecule has 1 aromatic carbocycles. The second kappa shape index (κ2) is 3.84. The van der Waals surface area contributed by atoms with E-state index < -0.39 is 0 Å². The van der Waals surface area contributed by atoms with Gasteiger partial charge in [0.2, 0.25) is 0 Å². The van der Waals surface area contributed by atoms with Crippen LogP contribution in [0.1, 0.15) is 45.0 Å². The first-order valence-corrected chi connectivity index (χ1v) is 6.03. The molecule has 92 valence electrons. The van der Waals surface area contributed by atoms with Gasteiger partial charge in [-0.3, -0.25) is 4.68 Å². The van der Waals surface area contributed by atoms with E-state index in [-0.39, 0.29) is 11.5 Å². The number of hydrogen-bond acceptors (Lipinski definition) is 2. The molecule has 0 saturated heterocycles. The Kier molecular flexibility index (Phi) is 2.74. The molecule has 0 amide bonds. The fourth-order valence-corrected chi connectivity index (χ4v) is 2.39. The predicted octanol–water partition coefficient (Wildman–Crippen LogP) is 2.89. The maximum atomic E-state index is 5.90. The Morgan fingerprint density at radius 1 is 1.29 bits per heavy atom. The number of benzene rings is 1. The Morgan fingerprint density at radius 3 is 2.47 bits per heavy atom. The lowest BCUT2D eigenvalue weighted by molar-refractivity contribution is 0.528. The molecule has 0 spiro atoms. The highest BCUT2D eigenvalue weighted by atomic mass is 15.3. The predicted molar refractivity (Wildman–Crippen MR) is 72.0 cm³/mol. The van der Waals surface area contributed by atoms with E-state index in [9.17, 15) is 0 Å². The Bertz CT molecular complexity index is 544. The van der Waals surface area contributed by atoms with Crippen LogP contribution in [0.15, 0.2) is 18.2 Å². The Labute approximate surface area is 103 Å². The quantitative estimate of drug-likeness (QED) is 0.820. The number of hydrogen-bond donors (Lipinski definition) is 1. The smallest absolute Gasteiger partial charge is 0.0929 e. The van der Waals surface area contributed by atoms with Gasteiger partial charge in [0.1, 0.15) is 0 Å². The van der Waals surface area contributed by atoms with Crippen LogP contribution in [-0.2, 0) is 12.5 Å². The van der Waals surface area contributed by atoms with Crippen molar-refractivity contribution in [1.29, 1.82) is 0 Å². The Balaban J connectivity index is 2.69. The van der Waals surface area contributed by atoms with Gasteiger partial charge in [0.05, 0.1) is 11.2 Å². The van der Waals surface area contributed by atoms with Crippen LogP contribution in [0.4, 0.5) is 0 Å². The summed E-state index contributed by atoms with van der Waals surface area (Å²) in [5.74, 6) is 0. The molecule has 0 fully saturated rings. The third kappa shape index (κ3) is 2.07. The van der Waals surface area contributed by atoms with E-state index in [1.807, 2.05) is 18.7 Å². The lowest BCUT2D eigenvalue weighted by Crippen LogP contribution is -2.16. The van der Waals surface area contributed by atoms with Crippen LogP contribution in [0.2, 0.25) is 0 Å². The van der Waals surface area contributed by atoms with Crippen molar-refractivity contribution in [3.63, 3.8) is 0 Å². The summed E-state index contributed by atoms with van der Waals surface area (Å²) in [6.45, 7) is 8.63. The van der Waals surface area contributed by atoms with Crippen molar-refractivity contribution in [2.45, 2.75) is 39.2 Å². The van der Waals surface area contributed by atoms with Gasteiger partial charge in [0.15, 0.2) is 0 Å². The second-order valence-electron chi connectivity index (χ2n) is 5.79. The highest BCUT2D eigenvalue weighted by Gasteiger charge is 2.22. The summed E-state index contributed by atoms with van der Waals surface area (Å²) in [6, 6.07) is 6.39. The number of nitrogens with zero attached hydrogens (tertiary/aromatic N) is 2. The van der Waals surface area contributed by atoms with Gasteiger partial charge in [0, 0.05) is 23.9 Å². The molecule has 2 rings (SSSR count). The second-order valence-corrected chi connectivity index (χ2v) is 5.79. The molecule has 0 saturated carbocycles. The van der Waals surface area contributed by atoms with Crippen LogP contribution in [-0.4, -0.2) is 9.78 Å². The molecule has 1 heterocycles. The summed E-state index contributed by atoms with van der Waals surface area (Å²) in [7, 11) is 2.01. The first kappa shape index (κ1) is 12.1. The summed E-state index contributed by atoms with van der Waals surface area (Å²) in [4.78, 5) is 0. The molecule has 2 N–H and O–H groups in total. The first-order chi connectivity index (χ1) is 7.80. The van der Waals surface area contributed by atoms with E-state index in [1.54, 1.807) is 0 Å². The zero-order chi connectivity index (χ0) is 12.8. The highest BCUT2D eigenvalue weighted by molar-refractivity contribution is 5.83. The van der Waals surface area contributed by atoms with Crippen LogP contribution in [0.5, 0.6) is 0 Å². The number of aryl methyl sites for hydroxylation is 1. The largest absolute Gasteiger partial charge is 0.324 e. The summed E-state index contributed by atoms with van der Waals surface area (Å²) in [6.07, 6.45) is 0. The number of aromatic nitrogens is 2. The molecule has 1 unspecified atom stereocenters. The summed E-state index contributed by atoms with van der Waals surface area (Å²) in [5, 5.41) is 5.81. The van der Waals surface area contributed by atoms with Crippen molar-refractivity contribution in [2.24, 2.45) is 12.8 Å². The maximum Gasteiger partial charge on any atom is 0.0929 e. The Hall–Kier alpha value is -1.35. The van der Waals surface area contributed by atoms with Crippen LogP contribution in [0.3, 0.4) is 0 Å². The number of rotatable bonds is 1. The minimum atomic E-state index is 0.0551. The summed E-state index contributed by atoms with van der Waals surface area (Å²) in [5.41, 5.74) is 9.43. The first-order valence-electron chi connectivity index (χ1n) is 6.03. The minimum Gasteiger partial charge on any atom is -0.324 e. The van der Waals surface area contributed by atoms with E-state index in [4.69, 9.17) is 5.73 Å². The zero-order valence-corrected chi connectivity index (χ0v) is 11.3. The monoisotopic (exact) mass is 231 g/mol. The van der Waals surface area contributed by atoms with Crippen LogP contribution >= 0.6 is 0 Å². The van der Waals surface area contributed by atoms with Gasteiger partial charge in [0.25, 0.3) is 0 Å². The third-order valence-corrected chi connectivity index (χ3v) is 3.09. The molecular formula is C14H21N3. The molecule has 3 nitrogen and oxygen atoms in total. The molecule has 0 bridgehead atoms. The van der Waals surface area contributed by atoms with E-state index in [1.165, 1.54) is 11.1 Å². The highest BCUT2D eigenvalue weighted by Crippen LogP contribution is 2.30. The molecule has 1 aromatic heterocycles. The van der Waals surface area contributed by atoms with Crippen molar-refractivity contribution in [1.82, 2.24) is 9.78 Å². The average molecular weight is 231 g/mol. The molecule has 3 heteroatoms. The lowest BCUT2D eigenvalue weighted by atomic mass is 9.89. The molecule has 0 aliphatic rings. The fourth-order valence-electron chi connectivity index (χ4n) is 2.39. The van der Waals surface area contributed by atoms with Gasteiger partial charge in [-0.15, -0.1) is 0 Å². The van der Waals surface area contributed by atoms with Crippen LogP contribution < -0.4 is 5.73 Å². The van der Waals surface area contributed by atoms with Crippen molar-refractivity contribution in [3.8, 4) is 0 Å². The van der Waals surface area contributed by atoms with Crippen LogP contribution in [0.25, 0.3) is 10.9 Å². The SMILES string of the molecule is CC(N)c1ccc2c(C(C)(C)C)n(C)nc2c1. The van der Waals surface area contributed by atoms with E-state index in [0.717, 1.165) is 11.1 Å². The maximum absolute atomic E-state index is 5.90. The van der Waals surface area contributed by atoms with Crippen molar-refractivity contribution in [2.75, 3.05) is 0 Å². The van der Waals surface area contributed by atoms with E-state index in [2.05, 4.69) is 44.1 Å². The summed E-state index contributed by atoms with van der Waals surface area (Å²) >= 11 is 0. The molecule has 1 atom stereocenters. The van der Waals surface area contributed by atoms with Crippen molar-refractivity contribution < 1.29 is 0 Å². The summed E-state index contributed by atoms with van der Waals surface area (Å²) < 4.78 is 1.98. The standard InChI is InChI=1S/C14H21N3/c1-9(15)10-6-7-11-12(8-10)16-17(5)13(11)14(2,3)4/h6-9H,15H2,1-5H3. The average Bonchev–Trinajstić information content (AvgIpc) is 2.51.